The van der Waals surface area contributed by atoms with E-state index in [1.165, 1.54) is 12.1 Å². The molecule has 0 spiro atoms. The van der Waals surface area contributed by atoms with Gasteiger partial charge in [-0.15, -0.1) is 0 Å². The van der Waals surface area contributed by atoms with Crippen LogP contribution in [-0.2, 0) is 4.74 Å². The zero-order chi connectivity index (χ0) is 27.9. The monoisotopic (exact) mass is 559 g/mol. The van der Waals surface area contributed by atoms with E-state index in [1.807, 2.05) is 40.0 Å². The normalized spacial score (nSPS) is 26.6. The number of hydrazone groups is 1. The number of carbonyl (C=O) groups excluding carboxylic acids is 2. The minimum absolute atomic E-state index is 0.0822. The Kier molecular flexibility index (Phi) is 7.45. The number of amides is 3. The van der Waals surface area contributed by atoms with Crippen molar-refractivity contribution in [2.24, 2.45) is 10.1 Å². The first-order valence-electron chi connectivity index (χ1n) is 13.4. The minimum atomic E-state index is -0.578. The Labute approximate surface area is 233 Å². The van der Waals surface area contributed by atoms with Crippen molar-refractivity contribution in [1.82, 2.24) is 25.0 Å². The Bertz CT molecular complexity index is 1220. The number of amidine groups is 1. The minimum Gasteiger partial charge on any atom is -0.444 e. The Hall–Kier alpha value is -3.34. The van der Waals surface area contributed by atoms with Crippen LogP contribution in [0, 0.1) is 5.82 Å². The van der Waals surface area contributed by atoms with Crippen LogP contribution < -0.4 is 5.32 Å². The third-order valence-corrected chi connectivity index (χ3v) is 7.63. The number of ether oxygens (including phenoxy) is 1. The average molecular weight is 560 g/mol. The number of fused-ring (bicyclic) bond motifs is 1. The van der Waals surface area contributed by atoms with Crippen LogP contribution in [0.5, 0.6) is 0 Å². The Morgan fingerprint density at radius 1 is 1.21 bits per heavy atom. The van der Waals surface area contributed by atoms with Gasteiger partial charge in [-0.05, 0) is 70.4 Å². The van der Waals surface area contributed by atoms with Crippen LogP contribution >= 0.6 is 11.6 Å². The highest BCUT2D eigenvalue weighted by molar-refractivity contribution is 6.31. The van der Waals surface area contributed by atoms with Crippen molar-refractivity contribution < 1.29 is 18.7 Å². The van der Waals surface area contributed by atoms with Gasteiger partial charge in [0.2, 0.25) is 0 Å². The molecule has 1 aromatic carbocycles. The first kappa shape index (κ1) is 27.2. The number of nitrogens with zero attached hydrogens (tertiary/aromatic N) is 6. The maximum absolute atomic E-state index is 14.0. The second-order valence-electron chi connectivity index (χ2n) is 11.3. The summed E-state index contributed by atoms with van der Waals surface area (Å²) < 4.78 is 19.5. The van der Waals surface area contributed by atoms with Crippen LogP contribution in [0.1, 0.15) is 52.1 Å². The summed E-state index contributed by atoms with van der Waals surface area (Å²) in [5, 5.41) is 9.71. The van der Waals surface area contributed by atoms with Crippen LogP contribution in [0.25, 0.3) is 0 Å². The smallest absolute Gasteiger partial charge is 0.410 e. The molecule has 0 radical (unpaired) electrons. The average Bonchev–Trinajstić information content (AvgIpc) is 3.51. The molecule has 1 N–H and O–H groups in total. The van der Waals surface area contributed by atoms with E-state index in [2.05, 4.69) is 15.3 Å². The molecule has 4 aliphatic heterocycles. The molecule has 2 fully saturated rings. The van der Waals surface area contributed by atoms with Crippen LogP contribution in [-0.4, -0.2) is 93.9 Å². The number of halogens is 2. The van der Waals surface area contributed by atoms with Gasteiger partial charge in [0.05, 0.1) is 12.3 Å². The summed E-state index contributed by atoms with van der Waals surface area (Å²) in [5.41, 5.74) is 0.172. The van der Waals surface area contributed by atoms with Gasteiger partial charge in [0.25, 0.3) is 0 Å². The topological polar surface area (TPSA) is 93.1 Å². The maximum Gasteiger partial charge on any atom is 0.410 e. The van der Waals surface area contributed by atoms with Gasteiger partial charge in [-0.1, -0.05) is 11.6 Å². The second-order valence-corrected chi connectivity index (χ2v) is 11.7. The van der Waals surface area contributed by atoms with Gasteiger partial charge in [0.1, 0.15) is 23.3 Å². The van der Waals surface area contributed by atoms with Crippen molar-refractivity contribution in [1.29, 1.82) is 0 Å². The largest absolute Gasteiger partial charge is 0.444 e. The molecule has 210 valence electrons. The molecule has 0 aliphatic carbocycles. The lowest BCUT2D eigenvalue weighted by molar-refractivity contribution is 0.00524. The summed E-state index contributed by atoms with van der Waals surface area (Å²) in [4.78, 5) is 36.2. The van der Waals surface area contributed by atoms with Crippen LogP contribution in [0.2, 0.25) is 5.02 Å². The molecule has 0 bridgehead atoms. The van der Waals surface area contributed by atoms with Gasteiger partial charge in [0, 0.05) is 43.4 Å². The summed E-state index contributed by atoms with van der Waals surface area (Å²) in [7, 11) is 0. The van der Waals surface area contributed by atoms with Crippen LogP contribution in [0.4, 0.5) is 14.0 Å². The number of likely N-dealkylation sites (tertiary alicyclic amines) is 1. The predicted molar refractivity (Wildman–Crippen MR) is 147 cm³/mol. The SMILES string of the molecule is C[C@H]1CN(C(=O)NC2C=NN3C=CC(N4CCC[C@@H]4c4cc(F)ccc4Cl)=NC23)CCN1C(=O)OC(C)(C)C. The molecule has 10 nitrogen and oxygen atoms in total. The summed E-state index contributed by atoms with van der Waals surface area (Å²) in [6, 6.07) is 3.51. The maximum atomic E-state index is 14.0. The fraction of sp³-hybridized carbons (Fsp3) is 0.556. The number of benzene rings is 1. The Balaban J connectivity index is 1.23. The van der Waals surface area contributed by atoms with Crippen LogP contribution in [0.15, 0.2) is 40.6 Å². The van der Waals surface area contributed by atoms with E-state index in [0.29, 0.717) is 24.7 Å². The van der Waals surface area contributed by atoms with E-state index in [1.54, 1.807) is 27.1 Å². The predicted octanol–water partition coefficient (Wildman–Crippen LogP) is 4.19. The lowest BCUT2D eigenvalue weighted by Crippen LogP contribution is -2.59. The third-order valence-electron chi connectivity index (χ3n) is 7.29. The summed E-state index contributed by atoms with van der Waals surface area (Å²) in [6.45, 7) is 9.35. The summed E-state index contributed by atoms with van der Waals surface area (Å²) in [5.74, 6) is 0.435. The molecule has 4 heterocycles. The van der Waals surface area contributed by atoms with Crippen molar-refractivity contribution in [3.05, 3.63) is 46.9 Å². The van der Waals surface area contributed by atoms with Crippen molar-refractivity contribution >= 4 is 35.8 Å². The summed E-state index contributed by atoms with van der Waals surface area (Å²) in [6.07, 6.45) is 6.39. The van der Waals surface area contributed by atoms with E-state index >= 15 is 0 Å². The molecular weight excluding hydrogens is 525 g/mol. The molecular formula is C27H35ClFN7O3. The number of nitrogens with one attached hydrogen (secondary N) is 1. The van der Waals surface area contributed by atoms with Crippen molar-refractivity contribution in [2.45, 2.75) is 70.4 Å². The Morgan fingerprint density at radius 3 is 2.74 bits per heavy atom. The van der Waals surface area contributed by atoms with Gasteiger partial charge in [0.15, 0.2) is 6.17 Å². The number of carbonyl (C=O) groups is 2. The zero-order valence-corrected chi connectivity index (χ0v) is 23.4. The molecule has 5 rings (SSSR count). The number of aliphatic imine (C=N–C) groups is 1. The number of hydrogen-bond acceptors (Lipinski definition) is 7. The number of hydrogen-bond donors (Lipinski definition) is 1. The standard InChI is InChI=1S/C27H35ClFN7O3/c1-17-16-33(12-13-34(17)26(38)39-27(2,3)4)25(37)31-21-15-30-36-11-9-23(32-24(21)36)35-10-5-6-22(35)19-14-18(29)7-8-20(19)28/h7-9,11,14-15,17,21-22,24H,5-6,10,12-13,16H2,1-4H3,(H,31,37)/t17-,21?,22+,24?/m0/s1. The molecule has 4 atom stereocenters. The van der Waals surface area contributed by atoms with Gasteiger partial charge in [-0.25, -0.2) is 24.0 Å². The quantitative estimate of drug-likeness (QED) is 0.586. The van der Waals surface area contributed by atoms with E-state index < -0.39 is 17.8 Å². The lowest BCUT2D eigenvalue weighted by Gasteiger charge is -2.40. The molecule has 2 unspecified atom stereocenters. The molecule has 4 aliphatic rings. The number of rotatable bonds is 2. The molecule has 0 saturated carbocycles. The highest BCUT2D eigenvalue weighted by Gasteiger charge is 2.38. The fourth-order valence-corrected chi connectivity index (χ4v) is 5.67. The molecule has 0 aromatic heterocycles. The van der Waals surface area contributed by atoms with Crippen LogP contribution in [0.3, 0.4) is 0 Å². The summed E-state index contributed by atoms with van der Waals surface area (Å²) >= 11 is 6.43. The van der Waals surface area contributed by atoms with Crippen molar-refractivity contribution in [3.63, 3.8) is 0 Å². The van der Waals surface area contributed by atoms with E-state index in [0.717, 1.165) is 30.8 Å². The van der Waals surface area contributed by atoms with E-state index in [-0.39, 0.29) is 30.0 Å². The fourth-order valence-electron chi connectivity index (χ4n) is 5.43. The van der Waals surface area contributed by atoms with Crippen molar-refractivity contribution in [3.8, 4) is 0 Å². The highest BCUT2D eigenvalue weighted by Crippen LogP contribution is 2.37. The third kappa shape index (κ3) is 5.83. The first-order valence-corrected chi connectivity index (χ1v) is 13.7. The van der Waals surface area contributed by atoms with Gasteiger partial charge in [-0.2, -0.15) is 5.10 Å². The van der Waals surface area contributed by atoms with Gasteiger partial charge >= 0.3 is 12.1 Å². The van der Waals surface area contributed by atoms with E-state index in [9.17, 15) is 14.0 Å². The van der Waals surface area contributed by atoms with Gasteiger partial charge in [-0.3, -0.25) is 0 Å². The second kappa shape index (κ2) is 10.7. The molecule has 1 aromatic rings. The highest BCUT2D eigenvalue weighted by atomic mass is 35.5. The first-order chi connectivity index (χ1) is 18.5. The van der Waals surface area contributed by atoms with Gasteiger partial charge < -0.3 is 24.8 Å². The molecule has 12 heteroatoms. The lowest BCUT2D eigenvalue weighted by atomic mass is 10.0. The zero-order valence-electron chi connectivity index (χ0n) is 22.7. The van der Waals surface area contributed by atoms with E-state index in [4.69, 9.17) is 21.3 Å². The molecule has 2 saturated heterocycles. The molecule has 39 heavy (non-hydrogen) atoms. The number of piperazine rings is 1. The van der Waals surface area contributed by atoms with Crippen molar-refractivity contribution in [2.75, 3.05) is 26.2 Å². The Morgan fingerprint density at radius 2 is 2.00 bits per heavy atom. The molecule has 3 amide bonds. The number of urea groups is 1.